The average molecular weight is 579 g/mol. The Kier molecular flexibility index (Phi) is 5.02. The van der Waals surface area contributed by atoms with Crippen LogP contribution in [-0.2, 0) is 0 Å². The third-order valence-electron chi connectivity index (χ3n) is 9.24. The zero-order valence-electron chi connectivity index (χ0n) is 24.2. The first kappa shape index (κ1) is 24.4. The minimum atomic E-state index is -0.270. The number of nitrogens with zero attached hydrogens (tertiary/aromatic N) is 1. The minimum Gasteiger partial charge on any atom is -0.464 e. The summed E-state index contributed by atoms with van der Waals surface area (Å²) in [5.41, 5.74) is 9.76. The lowest BCUT2D eigenvalue weighted by atomic mass is 10.0. The SMILES string of the molecule is c1ccc(-n2c3ccc(-c4ccc(C5Nc6c(ccc7oc8ccccc8c67)O5)cc4)cc3c3ccc4ccccc4c32)cc1. The zero-order valence-corrected chi connectivity index (χ0v) is 24.2. The highest BCUT2D eigenvalue weighted by atomic mass is 16.5. The van der Waals surface area contributed by atoms with Crippen LogP contribution in [0.5, 0.6) is 5.75 Å². The first-order valence-electron chi connectivity index (χ1n) is 15.3. The molecule has 0 saturated heterocycles. The highest BCUT2D eigenvalue weighted by Crippen LogP contribution is 2.46. The molecule has 1 N–H and O–H groups in total. The first-order valence-corrected chi connectivity index (χ1v) is 15.3. The van der Waals surface area contributed by atoms with E-state index in [2.05, 4.69) is 125 Å². The molecule has 1 atom stereocenters. The van der Waals surface area contributed by atoms with Crippen LogP contribution >= 0.6 is 0 Å². The topological polar surface area (TPSA) is 39.3 Å². The molecule has 0 fully saturated rings. The molecule has 1 unspecified atom stereocenters. The Bertz CT molecular complexity index is 2590. The fraction of sp³-hybridized carbons (Fsp3) is 0.0244. The second kappa shape index (κ2) is 9.25. The maximum Gasteiger partial charge on any atom is 0.196 e. The number of fused-ring (bicyclic) bond motifs is 10. The number of anilines is 1. The van der Waals surface area contributed by atoms with Crippen LogP contribution in [0.3, 0.4) is 0 Å². The summed E-state index contributed by atoms with van der Waals surface area (Å²) in [6.45, 7) is 0. The number of hydrogen-bond donors (Lipinski definition) is 1. The van der Waals surface area contributed by atoms with Gasteiger partial charge in [-0.1, -0.05) is 103 Å². The van der Waals surface area contributed by atoms with Crippen molar-refractivity contribution in [3.05, 3.63) is 151 Å². The van der Waals surface area contributed by atoms with E-state index < -0.39 is 0 Å². The van der Waals surface area contributed by atoms with Gasteiger partial charge in [-0.15, -0.1) is 0 Å². The molecule has 2 aromatic heterocycles. The molecule has 0 saturated carbocycles. The Balaban J connectivity index is 1.05. The van der Waals surface area contributed by atoms with Crippen molar-refractivity contribution in [2.45, 2.75) is 6.23 Å². The van der Waals surface area contributed by atoms with Crippen LogP contribution in [0.1, 0.15) is 11.8 Å². The molecule has 10 rings (SSSR count). The van der Waals surface area contributed by atoms with Crippen molar-refractivity contribution in [1.82, 2.24) is 4.57 Å². The summed E-state index contributed by atoms with van der Waals surface area (Å²) in [5, 5.41) is 10.8. The van der Waals surface area contributed by atoms with Gasteiger partial charge in [0.05, 0.1) is 22.1 Å². The van der Waals surface area contributed by atoms with Crippen LogP contribution in [0.15, 0.2) is 150 Å². The lowest BCUT2D eigenvalue weighted by Crippen LogP contribution is -2.09. The van der Waals surface area contributed by atoms with Gasteiger partial charge in [-0.3, -0.25) is 0 Å². The van der Waals surface area contributed by atoms with E-state index in [1.165, 1.54) is 43.7 Å². The molecule has 0 bridgehead atoms. The molecule has 3 heterocycles. The van der Waals surface area contributed by atoms with E-state index in [4.69, 9.17) is 9.15 Å². The van der Waals surface area contributed by atoms with Crippen LogP contribution in [0.2, 0.25) is 0 Å². The molecule has 9 aromatic rings. The lowest BCUT2D eigenvalue weighted by Gasteiger charge is -2.13. The van der Waals surface area contributed by atoms with Gasteiger partial charge in [-0.2, -0.15) is 0 Å². The quantitative estimate of drug-likeness (QED) is 0.227. The van der Waals surface area contributed by atoms with Crippen molar-refractivity contribution in [2.24, 2.45) is 0 Å². The molecular formula is C41H26N2O2. The highest BCUT2D eigenvalue weighted by molar-refractivity contribution is 6.19. The van der Waals surface area contributed by atoms with Crippen LogP contribution in [0.4, 0.5) is 5.69 Å². The van der Waals surface area contributed by atoms with E-state index >= 15 is 0 Å². The molecular weight excluding hydrogens is 552 g/mol. The van der Waals surface area contributed by atoms with Gasteiger partial charge >= 0.3 is 0 Å². The van der Waals surface area contributed by atoms with E-state index in [0.29, 0.717) is 0 Å². The molecule has 45 heavy (non-hydrogen) atoms. The summed E-state index contributed by atoms with van der Waals surface area (Å²) in [6.07, 6.45) is -0.270. The summed E-state index contributed by atoms with van der Waals surface area (Å²) in [6, 6.07) is 51.5. The molecule has 1 aliphatic rings. The standard InChI is InChI=1S/C41H26N2O2/c1-2-9-29(10-3-1)43-34-21-19-28(24-33(34)31-20-18-26-8-4-5-11-30(26)40(31)43)25-14-16-27(17-15-25)41-42-39-37(45-41)23-22-36-38(39)32-12-6-7-13-35(32)44-36/h1-24,41-42H. The Morgan fingerprint density at radius 1 is 0.556 bits per heavy atom. The number of hydrogen-bond acceptors (Lipinski definition) is 3. The second-order valence-electron chi connectivity index (χ2n) is 11.8. The molecule has 4 nitrogen and oxygen atoms in total. The molecule has 0 radical (unpaired) electrons. The first-order chi connectivity index (χ1) is 22.3. The summed E-state index contributed by atoms with van der Waals surface area (Å²) < 4.78 is 14.9. The summed E-state index contributed by atoms with van der Waals surface area (Å²) in [7, 11) is 0. The molecule has 0 aliphatic carbocycles. The second-order valence-corrected chi connectivity index (χ2v) is 11.8. The molecule has 1 aliphatic heterocycles. The number of furan rings is 1. The van der Waals surface area contributed by atoms with E-state index in [0.717, 1.165) is 44.6 Å². The molecule has 0 spiro atoms. The molecule has 7 aromatic carbocycles. The fourth-order valence-corrected chi connectivity index (χ4v) is 7.13. The van der Waals surface area contributed by atoms with Crippen molar-refractivity contribution in [1.29, 1.82) is 0 Å². The Morgan fingerprint density at radius 3 is 2.22 bits per heavy atom. The summed E-state index contributed by atoms with van der Waals surface area (Å²) >= 11 is 0. The van der Waals surface area contributed by atoms with Crippen LogP contribution < -0.4 is 10.1 Å². The van der Waals surface area contributed by atoms with Gasteiger partial charge in [0, 0.05) is 32.8 Å². The zero-order chi connectivity index (χ0) is 29.5. The van der Waals surface area contributed by atoms with Crippen molar-refractivity contribution < 1.29 is 9.15 Å². The number of aromatic nitrogens is 1. The third kappa shape index (κ3) is 3.60. The van der Waals surface area contributed by atoms with Gasteiger partial charge in [0.1, 0.15) is 16.9 Å². The average Bonchev–Trinajstić information content (AvgIpc) is 3.80. The number of benzene rings is 7. The van der Waals surface area contributed by atoms with Gasteiger partial charge in [0.15, 0.2) is 6.23 Å². The molecule has 212 valence electrons. The van der Waals surface area contributed by atoms with Crippen LogP contribution in [0.25, 0.3) is 71.3 Å². The Labute approximate surface area is 258 Å². The Morgan fingerprint density at radius 2 is 1.33 bits per heavy atom. The van der Waals surface area contributed by atoms with E-state index in [-0.39, 0.29) is 6.23 Å². The Hall–Kier alpha value is -6.00. The van der Waals surface area contributed by atoms with Gasteiger partial charge in [-0.25, -0.2) is 0 Å². The predicted molar refractivity (Wildman–Crippen MR) is 184 cm³/mol. The lowest BCUT2D eigenvalue weighted by molar-refractivity contribution is 0.260. The van der Waals surface area contributed by atoms with Crippen LogP contribution in [-0.4, -0.2) is 4.57 Å². The van der Waals surface area contributed by atoms with E-state index in [1.54, 1.807) is 0 Å². The molecule has 4 heteroatoms. The smallest absolute Gasteiger partial charge is 0.196 e. The van der Waals surface area contributed by atoms with Crippen molar-refractivity contribution in [3.63, 3.8) is 0 Å². The number of para-hydroxylation sites is 2. The van der Waals surface area contributed by atoms with Gasteiger partial charge in [-0.05, 0) is 59.0 Å². The van der Waals surface area contributed by atoms with Crippen molar-refractivity contribution >= 4 is 60.2 Å². The maximum absolute atomic E-state index is 6.40. The van der Waals surface area contributed by atoms with Crippen molar-refractivity contribution in [3.8, 4) is 22.6 Å². The highest BCUT2D eigenvalue weighted by Gasteiger charge is 2.27. The maximum atomic E-state index is 6.40. The fourth-order valence-electron chi connectivity index (χ4n) is 7.13. The normalized spacial score (nSPS) is 14.4. The number of ether oxygens (including phenoxy) is 1. The van der Waals surface area contributed by atoms with Gasteiger partial charge in [0.2, 0.25) is 0 Å². The van der Waals surface area contributed by atoms with E-state index in [9.17, 15) is 0 Å². The van der Waals surface area contributed by atoms with Crippen molar-refractivity contribution in [2.75, 3.05) is 5.32 Å². The summed E-state index contributed by atoms with van der Waals surface area (Å²) in [5.74, 6) is 0.843. The van der Waals surface area contributed by atoms with Crippen LogP contribution in [0, 0.1) is 0 Å². The largest absolute Gasteiger partial charge is 0.464 e. The van der Waals surface area contributed by atoms with Gasteiger partial charge < -0.3 is 19.0 Å². The number of rotatable bonds is 3. The predicted octanol–water partition coefficient (Wildman–Crippen LogP) is 11.0. The minimum absolute atomic E-state index is 0.270. The van der Waals surface area contributed by atoms with Gasteiger partial charge in [0.25, 0.3) is 0 Å². The molecule has 0 amide bonds. The summed E-state index contributed by atoms with van der Waals surface area (Å²) in [4.78, 5) is 0. The number of nitrogens with one attached hydrogen (secondary N) is 1. The monoisotopic (exact) mass is 578 g/mol. The third-order valence-corrected chi connectivity index (χ3v) is 9.24. The van der Waals surface area contributed by atoms with E-state index in [1.807, 2.05) is 30.3 Å².